The number of likely N-dealkylation sites (tertiary alicyclic amines) is 1. The van der Waals surface area contributed by atoms with Gasteiger partial charge in [0.25, 0.3) is 11.5 Å². The maximum atomic E-state index is 12.9. The first-order chi connectivity index (χ1) is 16.0. The van der Waals surface area contributed by atoms with Gasteiger partial charge in [0, 0.05) is 68.9 Å². The van der Waals surface area contributed by atoms with Crippen LogP contribution in [0, 0.1) is 5.92 Å². The molecule has 8 heteroatoms. The highest BCUT2D eigenvalue weighted by Gasteiger charge is 2.34. The summed E-state index contributed by atoms with van der Waals surface area (Å²) < 4.78 is 14.6. The van der Waals surface area contributed by atoms with Gasteiger partial charge in [-0.1, -0.05) is 6.07 Å². The van der Waals surface area contributed by atoms with Crippen LogP contribution >= 0.6 is 0 Å². The molecular formula is C25H30N4O4. The third-order valence-corrected chi connectivity index (χ3v) is 7.05. The second-order valence-corrected chi connectivity index (χ2v) is 9.07. The molecular weight excluding hydrogens is 420 g/mol. The van der Waals surface area contributed by atoms with E-state index in [2.05, 4.69) is 16.3 Å². The largest absolute Gasteiger partial charge is 0.493 e. The topological polar surface area (TPSA) is 77.7 Å². The monoisotopic (exact) mass is 450 g/mol. The van der Waals surface area contributed by atoms with E-state index in [4.69, 9.17) is 9.47 Å². The van der Waals surface area contributed by atoms with E-state index in [1.54, 1.807) is 20.3 Å². The average Bonchev–Trinajstić information content (AvgIpc) is 3.14. The fraction of sp³-hybridized carbons (Fsp3) is 0.440. The zero-order valence-corrected chi connectivity index (χ0v) is 19.3. The molecule has 0 spiro atoms. The molecule has 2 aliphatic rings. The molecule has 2 aliphatic heterocycles. The second-order valence-electron chi connectivity index (χ2n) is 9.07. The van der Waals surface area contributed by atoms with Crippen molar-refractivity contribution in [2.45, 2.75) is 18.9 Å². The van der Waals surface area contributed by atoms with E-state index in [0.717, 1.165) is 49.2 Å². The predicted molar refractivity (Wildman–Crippen MR) is 126 cm³/mol. The zero-order valence-electron chi connectivity index (χ0n) is 19.3. The summed E-state index contributed by atoms with van der Waals surface area (Å²) in [5.41, 5.74) is 2.77. The van der Waals surface area contributed by atoms with Gasteiger partial charge in [0.05, 0.1) is 19.7 Å². The van der Waals surface area contributed by atoms with Gasteiger partial charge in [-0.25, -0.2) is 0 Å². The molecule has 174 valence electrons. The molecule has 33 heavy (non-hydrogen) atoms. The number of carbonyl (C=O) groups excluding carboxylic acids is 1. The van der Waals surface area contributed by atoms with E-state index >= 15 is 0 Å². The Bertz CT molecular complexity index is 1260. The average molecular weight is 451 g/mol. The number of nitrogens with one attached hydrogen (secondary N) is 1. The number of benzene rings is 1. The molecule has 0 saturated carbocycles. The van der Waals surface area contributed by atoms with Crippen LogP contribution in [0.2, 0.25) is 0 Å². The van der Waals surface area contributed by atoms with Crippen molar-refractivity contribution in [2.24, 2.45) is 13.0 Å². The van der Waals surface area contributed by atoms with Crippen molar-refractivity contribution in [3.8, 4) is 11.5 Å². The lowest BCUT2D eigenvalue weighted by Crippen LogP contribution is -2.48. The molecule has 5 rings (SSSR count). The lowest BCUT2D eigenvalue weighted by Gasteiger charge is -2.42. The van der Waals surface area contributed by atoms with Gasteiger partial charge >= 0.3 is 0 Å². The molecule has 1 N–H and O–H groups in total. The highest BCUT2D eigenvalue weighted by Crippen LogP contribution is 2.35. The number of methoxy groups -OCH3 is 2. The molecule has 1 aromatic carbocycles. The Morgan fingerprint density at radius 1 is 1.09 bits per heavy atom. The Morgan fingerprint density at radius 2 is 1.88 bits per heavy atom. The SMILES string of the molecule is COc1cc2cc(C(=O)NCCN3CC4CC(C3)c3cccc(=O)n3C4)n(C)c2cc1OC. The molecule has 2 unspecified atom stereocenters. The Hall–Kier alpha value is -3.26. The van der Waals surface area contributed by atoms with Crippen LogP contribution in [0.3, 0.4) is 0 Å². The molecule has 1 saturated heterocycles. The standard InChI is InChI=1S/C25H30N4O4/c1-27-20-12-23(33-3)22(32-2)11-17(20)10-21(27)25(31)26-7-8-28-13-16-9-18(15-28)19-5-4-6-24(30)29(19)14-16/h4-6,10-12,16,18H,7-9,13-15H2,1-3H3,(H,26,31). The van der Waals surface area contributed by atoms with E-state index in [1.807, 2.05) is 40.4 Å². The van der Waals surface area contributed by atoms with Gasteiger partial charge in [-0.2, -0.15) is 0 Å². The van der Waals surface area contributed by atoms with Crippen molar-refractivity contribution in [1.82, 2.24) is 19.4 Å². The maximum Gasteiger partial charge on any atom is 0.267 e. The van der Waals surface area contributed by atoms with Crippen LogP contribution in [0.5, 0.6) is 11.5 Å². The number of aromatic nitrogens is 2. The van der Waals surface area contributed by atoms with Crippen molar-refractivity contribution in [3.63, 3.8) is 0 Å². The third kappa shape index (κ3) is 3.88. The number of fused-ring (bicyclic) bond motifs is 5. The zero-order chi connectivity index (χ0) is 23.1. The fourth-order valence-electron chi connectivity index (χ4n) is 5.48. The van der Waals surface area contributed by atoms with E-state index in [-0.39, 0.29) is 11.5 Å². The number of ether oxygens (including phenoxy) is 2. The summed E-state index contributed by atoms with van der Waals surface area (Å²) in [7, 11) is 5.09. The molecule has 1 amide bonds. The minimum Gasteiger partial charge on any atom is -0.493 e. The van der Waals surface area contributed by atoms with Crippen LogP contribution in [-0.2, 0) is 13.6 Å². The van der Waals surface area contributed by atoms with Gasteiger partial charge in [0.2, 0.25) is 0 Å². The fourth-order valence-corrected chi connectivity index (χ4v) is 5.48. The molecule has 2 atom stereocenters. The van der Waals surface area contributed by atoms with Gasteiger partial charge in [0.15, 0.2) is 11.5 Å². The first-order valence-electron chi connectivity index (χ1n) is 11.4. The normalized spacial score (nSPS) is 19.8. The molecule has 3 aromatic rings. The number of hydrogen-bond donors (Lipinski definition) is 1. The van der Waals surface area contributed by atoms with Crippen LogP contribution in [0.4, 0.5) is 0 Å². The number of hydrogen-bond acceptors (Lipinski definition) is 5. The highest BCUT2D eigenvalue weighted by molar-refractivity contribution is 5.99. The minimum absolute atomic E-state index is 0.0965. The summed E-state index contributed by atoms with van der Waals surface area (Å²) in [4.78, 5) is 27.6. The Morgan fingerprint density at radius 3 is 2.67 bits per heavy atom. The van der Waals surface area contributed by atoms with Gasteiger partial charge < -0.3 is 28.8 Å². The summed E-state index contributed by atoms with van der Waals surface area (Å²) in [6.07, 6.45) is 1.13. The quantitative estimate of drug-likeness (QED) is 0.623. The Labute approximate surface area is 192 Å². The van der Waals surface area contributed by atoms with Crippen molar-refractivity contribution in [3.05, 3.63) is 58.1 Å². The summed E-state index contributed by atoms with van der Waals surface area (Å²) in [6, 6.07) is 11.3. The first-order valence-corrected chi connectivity index (χ1v) is 11.4. The van der Waals surface area contributed by atoms with E-state index in [1.165, 1.54) is 0 Å². The Kier molecular flexibility index (Phi) is 5.62. The summed E-state index contributed by atoms with van der Waals surface area (Å²) >= 11 is 0. The van der Waals surface area contributed by atoms with Crippen LogP contribution in [0.25, 0.3) is 10.9 Å². The number of pyridine rings is 1. The van der Waals surface area contributed by atoms with E-state index < -0.39 is 0 Å². The third-order valence-electron chi connectivity index (χ3n) is 7.05. The predicted octanol–water partition coefficient (Wildman–Crippen LogP) is 2.21. The van der Waals surface area contributed by atoms with E-state index in [0.29, 0.717) is 35.6 Å². The van der Waals surface area contributed by atoms with Gasteiger partial charge in [-0.15, -0.1) is 0 Å². The maximum absolute atomic E-state index is 12.9. The van der Waals surface area contributed by atoms with Gasteiger partial charge in [-0.3, -0.25) is 9.59 Å². The van der Waals surface area contributed by atoms with Crippen LogP contribution < -0.4 is 20.3 Å². The first kappa shape index (κ1) is 21.6. The molecule has 2 aromatic heterocycles. The molecule has 1 fully saturated rings. The number of rotatable bonds is 6. The lowest BCUT2D eigenvalue weighted by atomic mass is 9.83. The number of piperidine rings is 1. The van der Waals surface area contributed by atoms with Crippen molar-refractivity contribution < 1.29 is 14.3 Å². The minimum atomic E-state index is -0.0965. The second kappa shape index (κ2) is 8.59. The number of aryl methyl sites for hydroxylation is 1. The molecule has 2 bridgehead atoms. The number of nitrogens with zero attached hydrogens (tertiary/aromatic N) is 3. The lowest BCUT2D eigenvalue weighted by molar-refractivity contribution is 0.0920. The molecule has 4 heterocycles. The highest BCUT2D eigenvalue weighted by atomic mass is 16.5. The van der Waals surface area contributed by atoms with Crippen LogP contribution in [-0.4, -0.2) is 60.3 Å². The summed E-state index contributed by atoms with van der Waals surface area (Å²) in [5.74, 6) is 2.04. The summed E-state index contributed by atoms with van der Waals surface area (Å²) in [6.45, 7) is 4.04. The van der Waals surface area contributed by atoms with Crippen molar-refractivity contribution >= 4 is 16.8 Å². The van der Waals surface area contributed by atoms with Crippen LogP contribution in [0.15, 0.2) is 41.2 Å². The summed E-state index contributed by atoms with van der Waals surface area (Å²) in [5, 5.41) is 4.01. The number of amides is 1. The van der Waals surface area contributed by atoms with Crippen molar-refractivity contribution in [2.75, 3.05) is 40.4 Å². The molecule has 0 radical (unpaired) electrons. The Balaban J connectivity index is 1.24. The van der Waals surface area contributed by atoms with Crippen molar-refractivity contribution in [1.29, 1.82) is 0 Å². The molecule has 8 nitrogen and oxygen atoms in total. The van der Waals surface area contributed by atoms with E-state index in [9.17, 15) is 9.59 Å². The van der Waals surface area contributed by atoms with Gasteiger partial charge in [0.1, 0.15) is 5.69 Å². The van der Waals surface area contributed by atoms with Gasteiger partial charge in [-0.05, 0) is 30.5 Å². The molecule has 0 aliphatic carbocycles. The smallest absolute Gasteiger partial charge is 0.267 e. The van der Waals surface area contributed by atoms with Crippen LogP contribution in [0.1, 0.15) is 28.5 Å². The number of carbonyl (C=O) groups is 1.